The van der Waals surface area contributed by atoms with Crippen molar-refractivity contribution in [2.45, 2.75) is 32.2 Å². The van der Waals surface area contributed by atoms with E-state index in [1.165, 1.54) is 0 Å². The van der Waals surface area contributed by atoms with E-state index < -0.39 is 24.0 Å². The zero-order valence-corrected chi connectivity index (χ0v) is 18.3. The maximum atomic E-state index is 12.5. The predicted octanol–water partition coefficient (Wildman–Crippen LogP) is 3.48. The molecule has 0 aromatic heterocycles. The number of carboxylic acid groups (broad SMARTS) is 1. The minimum absolute atomic E-state index is 0.0240. The van der Waals surface area contributed by atoms with Gasteiger partial charge >= 0.3 is 12.1 Å². The summed E-state index contributed by atoms with van der Waals surface area (Å²) in [5.74, 6) is -1.68. The van der Waals surface area contributed by atoms with Gasteiger partial charge in [0.25, 0.3) is 0 Å². The molecule has 7 nitrogen and oxygen atoms in total. The Bertz CT molecular complexity index is 991. The van der Waals surface area contributed by atoms with Crippen LogP contribution in [0.4, 0.5) is 4.79 Å². The highest BCUT2D eigenvalue weighted by Gasteiger charge is 2.37. The molecule has 3 atom stereocenters. The van der Waals surface area contributed by atoms with E-state index >= 15 is 0 Å². The number of hydrogen-bond acceptors (Lipinski definition) is 4. The van der Waals surface area contributed by atoms with Crippen molar-refractivity contribution in [1.82, 2.24) is 10.2 Å². The number of hydrogen-bond donors (Lipinski definition) is 2. The molecule has 0 saturated carbocycles. The van der Waals surface area contributed by atoms with Crippen LogP contribution in [0.1, 0.15) is 37.3 Å². The summed E-state index contributed by atoms with van der Waals surface area (Å²) in [7, 11) is 0. The van der Waals surface area contributed by atoms with Crippen molar-refractivity contribution in [3.63, 3.8) is 0 Å². The van der Waals surface area contributed by atoms with Gasteiger partial charge in [0, 0.05) is 31.5 Å². The summed E-state index contributed by atoms with van der Waals surface area (Å²) < 4.78 is 5.53. The van der Waals surface area contributed by atoms with Crippen LogP contribution in [0.25, 0.3) is 11.1 Å². The Balaban J connectivity index is 1.30. The Hall–Kier alpha value is -3.35. The van der Waals surface area contributed by atoms with Gasteiger partial charge in [-0.1, -0.05) is 55.5 Å². The van der Waals surface area contributed by atoms with Crippen LogP contribution in [-0.2, 0) is 14.3 Å². The maximum Gasteiger partial charge on any atom is 0.407 e. The van der Waals surface area contributed by atoms with Gasteiger partial charge in [-0.05, 0) is 35.1 Å². The molecule has 168 valence electrons. The second-order valence-electron chi connectivity index (χ2n) is 8.80. The lowest BCUT2D eigenvalue weighted by atomic mass is 9.98. The van der Waals surface area contributed by atoms with Crippen molar-refractivity contribution in [2.75, 3.05) is 19.7 Å². The quantitative estimate of drug-likeness (QED) is 0.723. The molecule has 4 rings (SSSR count). The number of carboxylic acids is 1. The van der Waals surface area contributed by atoms with Crippen molar-refractivity contribution >= 4 is 18.0 Å². The zero-order chi connectivity index (χ0) is 22.8. The fourth-order valence-corrected chi connectivity index (χ4v) is 4.78. The van der Waals surface area contributed by atoms with E-state index in [-0.39, 0.29) is 37.3 Å². The van der Waals surface area contributed by atoms with E-state index in [4.69, 9.17) is 4.74 Å². The zero-order valence-electron chi connectivity index (χ0n) is 18.3. The van der Waals surface area contributed by atoms with Crippen LogP contribution in [0.2, 0.25) is 0 Å². The van der Waals surface area contributed by atoms with Crippen LogP contribution >= 0.6 is 0 Å². The number of aliphatic carboxylic acids is 1. The molecule has 2 amide bonds. The second-order valence-corrected chi connectivity index (χ2v) is 8.80. The van der Waals surface area contributed by atoms with Crippen LogP contribution < -0.4 is 5.32 Å². The third-order valence-corrected chi connectivity index (χ3v) is 6.47. The standard InChI is InChI=1S/C25H28N2O5/c1-15-12-27(13-21(15)24(29)30)23(28)11-16(2)26-25(31)32-14-22-19-9-5-3-7-17(19)18-8-4-6-10-20(18)22/h3-10,15-16,21-22H,11-14H2,1-2H3,(H,26,31)(H,29,30)/t15-,16+,21-/m1/s1. The number of ether oxygens (including phenoxy) is 1. The predicted molar refractivity (Wildman–Crippen MR) is 119 cm³/mol. The minimum atomic E-state index is -0.877. The summed E-state index contributed by atoms with van der Waals surface area (Å²) in [6.45, 7) is 4.43. The third kappa shape index (κ3) is 4.33. The lowest BCUT2D eigenvalue weighted by Gasteiger charge is -2.20. The number of carbonyl (C=O) groups excluding carboxylic acids is 2. The smallest absolute Gasteiger partial charge is 0.407 e. The Morgan fingerprint density at radius 1 is 1.06 bits per heavy atom. The first-order valence-electron chi connectivity index (χ1n) is 11.0. The first-order valence-corrected chi connectivity index (χ1v) is 11.0. The topological polar surface area (TPSA) is 95.9 Å². The Kier molecular flexibility index (Phi) is 6.17. The molecule has 0 spiro atoms. The molecular formula is C25H28N2O5. The molecule has 0 unspecified atom stereocenters. The van der Waals surface area contributed by atoms with Gasteiger partial charge in [0.15, 0.2) is 0 Å². The number of likely N-dealkylation sites (tertiary alicyclic amines) is 1. The fourth-order valence-electron chi connectivity index (χ4n) is 4.78. The largest absolute Gasteiger partial charge is 0.481 e. The summed E-state index contributed by atoms with van der Waals surface area (Å²) in [5.41, 5.74) is 4.60. The first kappa shape index (κ1) is 21.9. The van der Waals surface area contributed by atoms with E-state index in [9.17, 15) is 19.5 Å². The van der Waals surface area contributed by atoms with Gasteiger partial charge in [-0.3, -0.25) is 9.59 Å². The average molecular weight is 437 g/mol. The van der Waals surface area contributed by atoms with Crippen molar-refractivity contribution in [2.24, 2.45) is 11.8 Å². The lowest BCUT2D eigenvalue weighted by molar-refractivity contribution is -0.142. The van der Waals surface area contributed by atoms with Gasteiger partial charge in [-0.2, -0.15) is 0 Å². The van der Waals surface area contributed by atoms with Gasteiger partial charge in [0.1, 0.15) is 6.61 Å². The molecule has 1 aliphatic carbocycles. The molecule has 1 heterocycles. The lowest BCUT2D eigenvalue weighted by Crippen LogP contribution is -2.39. The van der Waals surface area contributed by atoms with Gasteiger partial charge in [0.05, 0.1) is 5.92 Å². The highest BCUT2D eigenvalue weighted by Crippen LogP contribution is 2.44. The number of benzene rings is 2. The normalized spacial score (nSPS) is 20.4. The molecule has 2 aromatic carbocycles. The number of alkyl carbamates (subject to hydrolysis) is 1. The van der Waals surface area contributed by atoms with E-state index in [0.29, 0.717) is 6.54 Å². The molecule has 7 heteroatoms. The molecular weight excluding hydrogens is 408 g/mol. The Morgan fingerprint density at radius 3 is 2.22 bits per heavy atom. The average Bonchev–Trinajstić information content (AvgIpc) is 3.30. The number of nitrogens with one attached hydrogen (secondary N) is 1. The molecule has 32 heavy (non-hydrogen) atoms. The fraction of sp³-hybridized carbons (Fsp3) is 0.400. The van der Waals surface area contributed by atoms with Crippen molar-refractivity contribution in [1.29, 1.82) is 0 Å². The maximum absolute atomic E-state index is 12.5. The van der Waals surface area contributed by atoms with Crippen molar-refractivity contribution in [3.8, 4) is 11.1 Å². The summed E-state index contributed by atoms with van der Waals surface area (Å²) in [6.07, 6.45) is -0.464. The number of fused-ring (bicyclic) bond motifs is 3. The summed E-state index contributed by atoms with van der Waals surface area (Å²) in [5, 5.41) is 12.0. The highest BCUT2D eigenvalue weighted by atomic mass is 16.5. The Labute approximate surface area is 187 Å². The Morgan fingerprint density at radius 2 is 1.66 bits per heavy atom. The van der Waals surface area contributed by atoms with Gasteiger partial charge in [-0.15, -0.1) is 0 Å². The number of amides is 2. The van der Waals surface area contributed by atoms with Crippen molar-refractivity contribution in [3.05, 3.63) is 59.7 Å². The monoisotopic (exact) mass is 436 g/mol. The minimum Gasteiger partial charge on any atom is -0.481 e. The van der Waals surface area contributed by atoms with Gasteiger partial charge in [0.2, 0.25) is 5.91 Å². The number of rotatable bonds is 6. The van der Waals surface area contributed by atoms with Gasteiger partial charge < -0.3 is 20.1 Å². The summed E-state index contributed by atoms with van der Waals surface area (Å²) in [4.78, 5) is 37.8. The van der Waals surface area contributed by atoms with Crippen LogP contribution in [0, 0.1) is 11.8 Å². The third-order valence-electron chi connectivity index (χ3n) is 6.47. The van der Waals surface area contributed by atoms with E-state index in [1.54, 1.807) is 11.8 Å². The van der Waals surface area contributed by atoms with Crippen LogP contribution in [0.3, 0.4) is 0 Å². The summed E-state index contributed by atoms with van der Waals surface area (Å²) >= 11 is 0. The van der Waals surface area contributed by atoms with Crippen LogP contribution in [-0.4, -0.2) is 53.7 Å². The van der Waals surface area contributed by atoms with E-state index in [1.807, 2.05) is 31.2 Å². The van der Waals surface area contributed by atoms with Crippen molar-refractivity contribution < 1.29 is 24.2 Å². The molecule has 2 N–H and O–H groups in total. The summed E-state index contributed by atoms with van der Waals surface area (Å²) in [6, 6.07) is 15.8. The van der Waals surface area contributed by atoms with Crippen LogP contribution in [0.15, 0.2) is 48.5 Å². The van der Waals surface area contributed by atoms with E-state index in [2.05, 4.69) is 29.6 Å². The second kappa shape index (κ2) is 9.02. The molecule has 2 aliphatic rings. The van der Waals surface area contributed by atoms with Crippen LogP contribution in [0.5, 0.6) is 0 Å². The highest BCUT2D eigenvalue weighted by molar-refractivity contribution is 5.81. The number of nitrogens with zero attached hydrogens (tertiary/aromatic N) is 1. The molecule has 1 saturated heterocycles. The van der Waals surface area contributed by atoms with Gasteiger partial charge in [-0.25, -0.2) is 4.79 Å². The SMILES string of the molecule is C[C@@H]1CN(C(=O)C[C@H](C)NC(=O)OCC2c3ccccc3-c3ccccc32)C[C@H]1C(=O)O. The molecule has 0 radical (unpaired) electrons. The molecule has 1 aliphatic heterocycles. The molecule has 2 aromatic rings. The molecule has 1 fully saturated rings. The number of carbonyl (C=O) groups is 3. The molecule has 0 bridgehead atoms. The van der Waals surface area contributed by atoms with E-state index in [0.717, 1.165) is 22.3 Å². The first-order chi connectivity index (χ1) is 15.3.